The molecule has 0 aliphatic heterocycles. The number of nitrogens with two attached hydrogens (primary N) is 1. The van der Waals surface area contributed by atoms with Gasteiger partial charge in [-0.2, -0.15) is 0 Å². The number of hydrogen-bond donors (Lipinski definition) is 2. The third-order valence-electron chi connectivity index (χ3n) is 3.45. The normalized spacial score (nSPS) is 10.7. The Hall–Kier alpha value is -1.55. The van der Waals surface area contributed by atoms with E-state index in [0.717, 1.165) is 31.4 Å². The molecule has 112 valence electrons. The molecule has 3 N–H and O–H groups in total. The third kappa shape index (κ3) is 4.23. The van der Waals surface area contributed by atoms with E-state index in [4.69, 9.17) is 5.84 Å². The zero-order chi connectivity index (χ0) is 15.1. The molecule has 0 spiro atoms. The van der Waals surface area contributed by atoms with Crippen LogP contribution in [0.5, 0.6) is 0 Å². The lowest BCUT2D eigenvalue weighted by Gasteiger charge is -2.28. The molecule has 1 amide bonds. The van der Waals surface area contributed by atoms with Crippen LogP contribution in [-0.4, -0.2) is 23.4 Å². The number of nitrogens with one attached hydrogen (secondary N) is 1. The minimum atomic E-state index is 0.0488. The van der Waals surface area contributed by atoms with Crippen LogP contribution in [0.4, 0.5) is 5.69 Å². The molecule has 0 atom stereocenters. The molecule has 0 saturated heterocycles. The highest BCUT2D eigenvalue weighted by Crippen LogP contribution is 2.20. The van der Waals surface area contributed by atoms with E-state index in [1.165, 1.54) is 0 Å². The highest BCUT2D eigenvalue weighted by atomic mass is 16.2. The van der Waals surface area contributed by atoms with Crippen LogP contribution in [0.3, 0.4) is 0 Å². The van der Waals surface area contributed by atoms with Crippen LogP contribution in [0.25, 0.3) is 0 Å². The van der Waals surface area contributed by atoms with Gasteiger partial charge >= 0.3 is 0 Å². The predicted molar refractivity (Wildman–Crippen MR) is 84.7 cm³/mol. The summed E-state index contributed by atoms with van der Waals surface area (Å²) in [5.74, 6) is 5.56. The Bertz CT molecular complexity index is 443. The van der Waals surface area contributed by atoms with Crippen molar-refractivity contribution in [2.75, 3.05) is 12.0 Å². The lowest BCUT2D eigenvalue weighted by Crippen LogP contribution is -2.38. The van der Waals surface area contributed by atoms with E-state index in [2.05, 4.69) is 26.2 Å². The van der Waals surface area contributed by atoms with Gasteiger partial charge in [-0.1, -0.05) is 31.4 Å². The number of carbonyl (C=O) groups excluding carboxylic acids is 1. The maximum absolute atomic E-state index is 12.7. The van der Waals surface area contributed by atoms with Crippen molar-refractivity contribution in [1.82, 2.24) is 4.90 Å². The summed E-state index contributed by atoms with van der Waals surface area (Å²) >= 11 is 0. The number of amides is 1. The SMILES string of the molecule is CCCCCN(C(=O)c1cc(C)ccc1NN)C(C)C. The smallest absolute Gasteiger partial charge is 0.256 e. The topological polar surface area (TPSA) is 58.4 Å². The van der Waals surface area contributed by atoms with Gasteiger partial charge in [-0.25, -0.2) is 0 Å². The maximum atomic E-state index is 12.7. The van der Waals surface area contributed by atoms with Gasteiger partial charge < -0.3 is 10.3 Å². The van der Waals surface area contributed by atoms with Gasteiger partial charge in [0, 0.05) is 12.6 Å². The van der Waals surface area contributed by atoms with Crippen molar-refractivity contribution in [3.63, 3.8) is 0 Å². The van der Waals surface area contributed by atoms with E-state index in [1.807, 2.05) is 30.0 Å². The maximum Gasteiger partial charge on any atom is 0.256 e. The molecule has 0 aromatic heterocycles. The van der Waals surface area contributed by atoms with Crippen molar-refractivity contribution >= 4 is 11.6 Å². The van der Waals surface area contributed by atoms with Crippen LogP contribution in [-0.2, 0) is 0 Å². The van der Waals surface area contributed by atoms with Crippen molar-refractivity contribution in [2.45, 2.75) is 53.0 Å². The van der Waals surface area contributed by atoms with E-state index in [0.29, 0.717) is 11.3 Å². The number of nitrogens with zero attached hydrogens (tertiary/aromatic N) is 1. The van der Waals surface area contributed by atoms with Crippen molar-refractivity contribution in [3.05, 3.63) is 29.3 Å². The molecule has 0 saturated carbocycles. The molecule has 0 heterocycles. The summed E-state index contributed by atoms with van der Waals surface area (Å²) in [6.07, 6.45) is 3.34. The van der Waals surface area contributed by atoms with Gasteiger partial charge in [-0.15, -0.1) is 0 Å². The van der Waals surface area contributed by atoms with Crippen LogP contribution in [0.2, 0.25) is 0 Å². The molecule has 1 aromatic carbocycles. The molecule has 0 aliphatic rings. The summed E-state index contributed by atoms with van der Waals surface area (Å²) in [5.41, 5.74) is 5.01. The van der Waals surface area contributed by atoms with Gasteiger partial charge in [0.15, 0.2) is 0 Å². The number of aryl methyl sites for hydroxylation is 1. The molecule has 20 heavy (non-hydrogen) atoms. The fourth-order valence-corrected chi connectivity index (χ4v) is 2.24. The Morgan fingerprint density at radius 3 is 2.60 bits per heavy atom. The van der Waals surface area contributed by atoms with Crippen LogP contribution >= 0.6 is 0 Å². The average molecular weight is 277 g/mol. The largest absolute Gasteiger partial charge is 0.336 e. The second kappa shape index (κ2) is 7.90. The van der Waals surface area contributed by atoms with E-state index < -0.39 is 0 Å². The van der Waals surface area contributed by atoms with Crippen LogP contribution in [0.1, 0.15) is 56.0 Å². The molecule has 0 radical (unpaired) electrons. The highest BCUT2D eigenvalue weighted by molar-refractivity contribution is 5.99. The zero-order valence-corrected chi connectivity index (χ0v) is 13.1. The lowest BCUT2D eigenvalue weighted by atomic mass is 10.1. The summed E-state index contributed by atoms with van der Waals surface area (Å²) in [6.45, 7) is 9.04. The summed E-state index contributed by atoms with van der Waals surface area (Å²) in [6, 6.07) is 5.88. The molecular weight excluding hydrogens is 250 g/mol. The molecule has 1 rings (SSSR count). The van der Waals surface area contributed by atoms with Gasteiger partial charge in [0.1, 0.15) is 0 Å². The first-order chi connectivity index (χ1) is 9.51. The van der Waals surface area contributed by atoms with Crippen molar-refractivity contribution in [2.24, 2.45) is 5.84 Å². The number of hydrogen-bond acceptors (Lipinski definition) is 3. The first-order valence-electron chi connectivity index (χ1n) is 7.39. The van der Waals surface area contributed by atoms with Crippen molar-refractivity contribution < 1.29 is 4.79 Å². The fraction of sp³-hybridized carbons (Fsp3) is 0.562. The Labute approximate surface area is 122 Å². The van der Waals surface area contributed by atoms with Crippen molar-refractivity contribution in [3.8, 4) is 0 Å². The van der Waals surface area contributed by atoms with Crippen molar-refractivity contribution in [1.29, 1.82) is 0 Å². The Kier molecular flexibility index (Phi) is 6.52. The molecular formula is C16H27N3O. The van der Waals surface area contributed by atoms with E-state index in [1.54, 1.807) is 0 Å². The molecule has 4 heteroatoms. The number of hydrazine groups is 1. The summed E-state index contributed by atoms with van der Waals surface area (Å²) < 4.78 is 0. The summed E-state index contributed by atoms with van der Waals surface area (Å²) in [5, 5.41) is 0. The van der Waals surface area contributed by atoms with E-state index in [-0.39, 0.29) is 11.9 Å². The fourth-order valence-electron chi connectivity index (χ4n) is 2.24. The number of unbranched alkanes of at least 4 members (excludes halogenated alkanes) is 2. The van der Waals surface area contributed by atoms with Gasteiger partial charge in [0.05, 0.1) is 11.3 Å². The molecule has 1 aromatic rings. The Balaban J connectivity index is 2.96. The summed E-state index contributed by atoms with van der Waals surface area (Å²) in [7, 11) is 0. The minimum absolute atomic E-state index is 0.0488. The molecule has 0 aliphatic carbocycles. The number of nitrogen functional groups attached to an aromatic ring is 1. The molecule has 0 unspecified atom stereocenters. The Morgan fingerprint density at radius 1 is 1.35 bits per heavy atom. The minimum Gasteiger partial charge on any atom is -0.336 e. The third-order valence-corrected chi connectivity index (χ3v) is 3.45. The summed E-state index contributed by atoms with van der Waals surface area (Å²) in [4.78, 5) is 14.7. The first kappa shape index (κ1) is 16.5. The van der Waals surface area contributed by atoms with Gasteiger partial charge in [-0.05, 0) is 39.3 Å². The van der Waals surface area contributed by atoms with E-state index in [9.17, 15) is 4.79 Å². The molecule has 0 fully saturated rings. The molecule has 4 nitrogen and oxygen atoms in total. The van der Waals surface area contributed by atoms with E-state index >= 15 is 0 Å². The second-order valence-corrected chi connectivity index (χ2v) is 5.49. The second-order valence-electron chi connectivity index (χ2n) is 5.49. The molecule has 0 bridgehead atoms. The van der Waals surface area contributed by atoms with Gasteiger partial charge in [-0.3, -0.25) is 10.6 Å². The predicted octanol–water partition coefficient (Wildman–Crippen LogP) is 3.32. The van der Waals surface area contributed by atoms with Gasteiger partial charge in [0.2, 0.25) is 0 Å². The number of benzene rings is 1. The zero-order valence-electron chi connectivity index (χ0n) is 13.1. The van der Waals surface area contributed by atoms with Gasteiger partial charge in [0.25, 0.3) is 5.91 Å². The number of anilines is 1. The standard InChI is InChI=1S/C16H27N3O/c1-5-6-7-10-19(12(2)3)16(20)14-11-13(4)8-9-15(14)18-17/h8-9,11-12,18H,5-7,10,17H2,1-4H3. The average Bonchev–Trinajstić information content (AvgIpc) is 2.42. The monoisotopic (exact) mass is 277 g/mol. The van der Waals surface area contributed by atoms with Crippen LogP contribution in [0, 0.1) is 6.92 Å². The highest BCUT2D eigenvalue weighted by Gasteiger charge is 2.20. The Morgan fingerprint density at radius 2 is 2.05 bits per heavy atom. The number of carbonyl (C=O) groups is 1. The lowest BCUT2D eigenvalue weighted by molar-refractivity contribution is 0.0703. The van der Waals surface area contributed by atoms with Crippen LogP contribution in [0.15, 0.2) is 18.2 Å². The quantitative estimate of drug-likeness (QED) is 0.456. The first-order valence-corrected chi connectivity index (χ1v) is 7.39. The number of rotatable bonds is 7. The van der Waals surface area contributed by atoms with Crippen LogP contribution < -0.4 is 11.3 Å².